The Labute approximate surface area is 130 Å². The van der Waals surface area contributed by atoms with Gasteiger partial charge in [-0.1, -0.05) is 12.1 Å². The molecule has 98 valence electrons. The predicted molar refractivity (Wildman–Crippen MR) is 88.1 cm³/mol. The van der Waals surface area contributed by atoms with Gasteiger partial charge in [0.1, 0.15) is 0 Å². The van der Waals surface area contributed by atoms with Crippen LogP contribution in [0.25, 0.3) is 0 Å². The van der Waals surface area contributed by atoms with Crippen molar-refractivity contribution in [1.82, 2.24) is 0 Å². The van der Waals surface area contributed by atoms with Crippen molar-refractivity contribution in [1.29, 1.82) is 0 Å². The minimum Gasteiger partial charge on any atom is -0.321 e. The van der Waals surface area contributed by atoms with Crippen LogP contribution in [0.3, 0.4) is 0 Å². The van der Waals surface area contributed by atoms with Crippen molar-refractivity contribution >= 4 is 45.5 Å². The summed E-state index contributed by atoms with van der Waals surface area (Å²) in [4.78, 5) is 13.8. The van der Waals surface area contributed by atoms with Crippen LogP contribution in [0.4, 0.5) is 5.69 Å². The van der Waals surface area contributed by atoms with Crippen molar-refractivity contribution in [2.75, 3.05) is 5.32 Å². The number of para-hydroxylation sites is 1. The smallest absolute Gasteiger partial charge is 0.256 e. The molecule has 1 aliphatic rings. The van der Waals surface area contributed by atoms with Gasteiger partial charge >= 0.3 is 0 Å². The van der Waals surface area contributed by atoms with Crippen molar-refractivity contribution in [3.63, 3.8) is 0 Å². The summed E-state index contributed by atoms with van der Waals surface area (Å²) in [5.41, 5.74) is 3.04. The number of hydrogen-bond acceptors (Lipinski definition) is 2. The van der Waals surface area contributed by atoms with E-state index < -0.39 is 0 Å². The molecule has 0 bridgehead atoms. The third kappa shape index (κ3) is 2.69. The van der Waals surface area contributed by atoms with Gasteiger partial charge in [0.05, 0.1) is 11.3 Å². The van der Waals surface area contributed by atoms with E-state index in [-0.39, 0.29) is 5.91 Å². The second-order valence-electron chi connectivity index (χ2n) is 4.69. The monoisotopic (exact) mass is 383 g/mol. The zero-order valence-corrected chi connectivity index (χ0v) is 13.4. The molecular weight excluding hydrogens is 369 g/mol. The number of thiophene rings is 1. The average molecular weight is 383 g/mol. The van der Waals surface area contributed by atoms with Crippen molar-refractivity contribution < 1.29 is 4.79 Å². The fourth-order valence-corrected chi connectivity index (χ4v) is 4.08. The minimum absolute atomic E-state index is 0.0310. The molecular formula is C15H14INOS. The Morgan fingerprint density at radius 2 is 2.00 bits per heavy atom. The maximum absolute atomic E-state index is 12.4. The van der Waals surface area contributed by atoms with Crippen LogP contribution in [0.2, 0.25) is 0 Å². The lowest BCUT2D eigenvalue weighted by Crippen LogP contribution is -2.15. The molecule has 1 amide bonds. The van der Waals surface area contributed by atoms with E-state index in [9.17, 15) is 4.79 Å². The van der Waals surface area contributed by atoms with Gasteiger partial charge in [-0.05, 0) is 66.0 Å². The summed E-state index contributed by atoms with van der Waals surface area (Å²) in [6.45, 7) is 0. The molecule has 1 aromatic carbocycles. The predicted octanol–water partition coefficient (Wildman–Crippen LogP) is 4.48. The number of rotatable bonds is 2. The van der Waals surface area contributed by atoms with Crippen LogP contribution in [0.1, 0.15) is 33.6 Å². The van der Waals surface area contributed by atoms with Gasteiger partial charge < -0.3 is 5.32 Å². The van der Waals surface area contributed by atoms with E-state index in [0.29, 0.717) is 0 Å². The number of hydrogen-bond donors (Lipinski definition) is 1. The van der Waals surface area contributed by atoms with E-state index >= 15 is 0 Å². The molecule has 1 aromatic heterocycles. The minimum atomic E-state index is 0.0310. The molecule has 0 atom stereocenters. The number of benzene rings is 1. The third-order valence-electron chi connectivity index (χ3n) is 3.43. The molecule has 1 heterocycles. The first-order valence-electron chi connectivity index (χ1n) is 6.41. The van der Waals surface area contributed by atoms with Crippen molar-refractivity contribution in [3.05, 3.63) is 49.2 Å². The van der Waals surface area contributed by atoms with Crippen molar-refractivity contribution in [2.45, 2.75) is 25.7 Å². The number of anilines is 1. The third-order valence-corrected chi connectivity index (χ3v) is 5.46. The normalized spacial score (nSPS) is 13.9. The molecule has 2 aromatic rings. The summed E-state index contributed by atoms with van der Waals surface area (Å²) < 4.78 is 1.07. The van der Waals surface area contributed by atoms with E-state index in [2.05, 4.69) is 27.9 Å². The number of fused-ring (bicyclic) bond motifs is 1. The van der Waals surface area contributed by atoms with Crippen LogP contribution in [0.15, 0.2) is 29.6 Å². The summed E-state index contributed by atoms with van der Waals surface area (Å²) in [5, 5.41) is 5.04. The van der Waals surface area contributed by atoms with Crippen LogP contribution in [0.5, 0.6) is 0 Å². The lowest BCUT2D eigenvalue weighted by atomic mass is 9.95. The number of nitrogens with one attached hydrogen (secondary N) is 1. The van der Waals surface area contributed by atoms with E-state index in [1.807, 2.05) is 29.6 Å². The van der Waals surface area contributed by atoms with Gasteiger partial charge in [0, 0.05) is 13.8 Å². The van der Waals surface area contributed by atoms with Crippen LogP contribution in [-0.2, 0) is 12.8 Å². The molecule has 0 radical (unpaired) electrons. The summed E-state index contributed by atoms with van der Waals surface area (Å²) >= 11 is 3.98. The first-order chi connectivity index (χ1) is 9.25. The molecule has 2 nitrogen and oxygen atoms in total. The summed E-state index contributed by atoms with van der Waals surface area (Å²) in [6.07, 6.45) is 4.64. The Kier molecular flexibility index (Phi) is 3.88. The lowest BCUT2D eigenvalue weighted by molar-refractivity contribution is 0.102. The Hall–Kier alpha value is -0.880. The highest BCUT2D eigenvalue weighted by Crippen LogP contribution is 2.31. The van der Waals surface area contributed by atoms with Gasteiger partial charge in [0.2, 0.25) is 0 Å². The van der Waals surface area contributed by atoms with E-state index in [0.717, 1.165) is 27.7 Å². The molecule has 1 N–H and O–H groups in total. The molecule has 0 saturated carbocycles. The maximum atomic E-state index is 12.4. The molecule has 19 heavy (non-hydrogen) atoms. The van der Waals surface area contributed by atoms with Gasteiger partial charge in [-0.15, -0.1) is 11.3 Å². The number of amides is 1. The highest BCUT2D eigenvalue weighted by molar-refractivity contribution is 14.1. The Morgan fingerprint density at radius 1 is 1.21 bits per heavy atom. The maximum Gasteiger partial charge on any atom is 0.256 e. The lowest BCUT2D eigenvalue weighted by Gasteiger charge is -2.13. The summed E-state index contributed by atoms with van der Waals surface area (Å²) in [6, 6.07) is 7.86. The fraction of sp³-hybridized carbons (Fsp3) is 0.267. The summed E-state index contributed by atoms with van der Waals surface area (Å²) in [5.74, 6) is 0.0310. The van der Waals surface area contributed by atoms with Gasteiger partial charge in [-0.2, -0.15) is 0 Å². The molecule has 3 rings (SSSR count). The van der Waals surface area contributed by atoms with E-state index in [1.165, 1.54) is 23.3 Å². The second kappa shape index (κ2) is 5.63. The standard InChI is InChI=1S/C15H14INOS/c16-12-6-2-3-7-13(12)17-15(18)11-9-19-14-8-4-1-5-10(11)14/h2-3,6-7,9H,1,4-5,8H2,(H,17,18). The van der Waals surface area contributed by atoms with Crippen molar-refractivity contribution in [2.24, 2.45) is 0 Å². The van der Waals surface area contributed by atoms with Crippen LogP contribution in [-0.4, -0.2) is 5.91 Å². The fourth-order valence-electron chi connectivity index (χ4n) is 2.44. The molecule has 0 spiro atoms. The molecule has 1 aliphatic carbocycles. The Balaban J connectivity index is 1.85. The molecule has 0 unspecified atom stereocenters. The highest BCUT2D eigenvalue weighted by Gasteiger charge is 2.20. The van der Waals surface area contributed by atoms with Gasteiger partial charge in [-0.25, -0.2) is 0 Å². The quantitative estimate of drug-likeness (QED) is 0.762. The largest absolute Gasteiger partial charge is 0.321 e. The second-order valence-corrected chi connectivity index (χ2v) is 6.82. The SMILES string of the molecule is O=C(Nc1ccccc1I)c1csc2c1CCCC2. The number of halogens is 1. The first kappa shape index (κ1) is 13.1. The first-order valence-corrected chi connectivity index (χ1v) is 8.36. The topological polar surface area (TPSA) is 29.1 Å². The van der Waals surface area contributed by atoms with Crippen molar-refractivity contribution in [3.8, 4) is 0 Å². The van der Waals surface area contributed by atoms with Gasteiger partial charge in [-0.3, -0.25) is 4.79 Å². The summed E-state index contributed by atoms with van der Waals surface area (Å²) in [7, 11) is 0. The van der Waals surface area contributed by atoms with Crippen LogP contribution < -0.4 is 5.32 Å². The van der Waals surface area contributed by atoms with Crippen LogP contribution in [0, 0.1) is 3.57 Å². The Bertz CT molecular complexity index is 620. The molecule has 4 heteroatoms. The molecule has 0 fully saturated rings. The molecule has 0 saturated heterocycles. The molecule has 0 aliphatic heterocycles. The number of aryl methyl sites for hydroxylation is 1. The average Bonchev–Trinajstić information content (AvgIpc) is 2.85. The Morgan fingerprint density at radius 3 is 2.84 bits per heavy atom. The zero-order valence-electron chi connectivity index (χ0n) is 10.4. The van der Waals surface area contributed by atoms with Gasteiger partial charge in [0.25, 0.3) is 5.91 Å². The van der Waals surface area contributed by atoms with E-state index in [4.69, 9.17) is 0 Å². The van der Waals surface area contributed by atoms with Gasteiger partial charge in [0.15, 0.2) is 0 Å². The highest BCUT2D eigenvalue weighted by atomic mass is 127. The van der Waals surface area contributed by atoms with Crippen LogP contribution >= 0.6 is 33.9 Å². The van der Waals surface area contributed by atoms with E-state index in [1.54, 1.807) is 11.3 Å². The number of carbonyl (C=O) groups excluding carboxylic acids is 1. The number of carbonyl (C=O) groups is 1. The zero-order chi connectivity index (χ0) is 13.2.